The van der Waals surface area contributed by atoms with Crippen LogP contribution in [0.1, 0.15) is 108 Å². The van der Waals surface area contributed by atoms with E-state index in [1.54, 1.807) is 25.7 Å². The first-order chi connectivity index (χ1) is 21.3. The first-order valence-electron chi connectivity index (χ1n) is 17.2. The molecule has 6 N–H and O–H groups in total. The van der Waals surface area contributed by atoms with E-state index in [1.807, 2.05) is 41.5 Å². The molecule has 0 aromatic heterocycles. The van der Waals surface area contributed by atoms with Crippen molar-refractivity contribution < 1.29 is 33.8 Å². The van der Waals surface area contributed by atoms with Gasteiger partial charge in [0.15, 0.2) is 6.35 Å². The fraction of sp³-hybridized carbons (Fsp3) is 0.857. The molecule has 1 saturated heterocycles. The van der Waals surface area contributed by atoms with Crippen LogP contribution >= 0.6 is 0 Å². The van der Waals surface area contributed by atoms with Crippen molar-refractivity contribution in [2.75, 3.05) is 13.2 Å². The molecule has 3 rings (SSSR count). The minimum absolute atomic E-state index is 0.0192. The number of nitrogens with zero attached hydrogens (tertiary/aromatic N) is 1. The standard InChI is InChI=1S/C35H61N5O7/c1-32(2,3)22(18-47-30(45)34(7,8)9)38-31(46)39-26(33(4,5)6)29(44)40-17-20-16-35(10,11)23(20)24(40)28(43)37-21(25(41)27(36)42)15-19-13-12-14-19/h19-24,26,31,38-39,46H,12-18H2,1-11H3,(H2,36,42)(H,37,43)/t20?,21?,22-,23+,24?,26?,31?/m1/s1. The summed E-state index contributed by atoms with van der Waals surface area (Å²) in [6.45, 7) is 21.4. The number of Topliss-reactive ketones (excluding diaryl/α,β-unsaturated/α-hetero) is 1. The summed E-state index contributed by atoms with van der Waals surface area (Å²) in [5.74, 6) is -2.87. The molecule has 1 heterocycles. The Labute approximate surface area is 281 Å². The summed E-state index contributed by atoms with van der Waals surface area (Å²) in [5.41, 5.74) is 3.38. The third kappa shape index (κ3) is 9.32. The molecule has 0 aromatic rings. The van der Waals surface area contributed by atoms with Gasteiger partial charge in [-0.2, -0.15) is 0 Å². The highest BCUT2D eigenvalue weighted by Gasteiger charge is 2.61. The first kappa shape index (κ1) is 38.9. The van der Waals surface area contributed by atoms with Gasteiger partial charge in [0.1, 0.15) is 12.6 Å². The van der Waals surface area contributed by atoms with Crippen LogP contribution in [-0.2, 0) is 28.7 Å². The number of likely N-dealkylation sites (tertiary alicyclic amines) is 1. The number of aliphatic hydroxyl groups excluding tert-OH is 1. The fourth-order valence-corrected chi connectivity index (χ4v) is 7.27. The molecule has 7 atom stereocenters. The highest BCUT2D eigenvalue weighted by molar-refractivity contribution is 6.37. The molecule has 47 heavy (non-hydrogen) atoms. The lowest BCUT2D eigenvalue weighted by atomic mass is 9.55. The highest BCUT2D eigenvalue weighted by atomic mass is 16.5. The largest absolute Gasteiger partial charge is 0.464 e. The van der Waals surface area contributed by atoms with Gasteiger partial charge in [-0.05, 0) is 67.6 Å². The van der Waals surface area contributed by atoms with Crippen molar-refractivity contribution in [1.82, 2.24) is 20.9 Å². The number of hydrogen-bond acceptors (Lipinski definition) is 9. The second-order valence-corrected chi connectivity index (χ2v) is 18.0. The normalized spacial score (nSPS) is 25.4. The molecule has 3 aliphatic rings. The van der Waals surface area contributed by atoms with Gasteiger partial charge < -0.3 is 25.8 Å². The zero-order valence-corrected chi connectivity index (χ0v) is 30.5. The van der Waals surface area contributed by atoms with E-state index in [0.717, 1.165) is 25.7 Å². The van der Waals surface area contributed by atoms with Gasteiger partial charge in [-0.25, -0.2) is 0 Å². The van der Waals surface area contributed by atoms with Crippen LogP contribution in [0.25, 0.3) is 0 Å². The third-order valence-corrected chi connectivity index (χ3v) is 10.4. The van der Waals surface area contributed by atoms with Crippen molar-refractivity contribution in [3.8, 4) is 0 Å². The van der Waals surface area contributed by atoms with E-state index in [2.05, 4.69) is 29.8 Å². The van der Waals surface area contributed by atoms with E-state index >= 15 is 0 Å². The third-order valence-electron chi connectivity index (χ3n) is 10.4. The first-order valence-corrected chi connectivity index (χ1v) is 17.2. The average Bonchev–Trinajstić information content (AvgIpc) is 3.23. The molecular weight excluding hydrogens is 602 g/mol. The lowest BCUT2D eigenvalue weighted by Gasteiger charge is -2.49. The zero-order chi connectivity index (χ0) is 35.9. The van der Waals surface area contributed by atoms with E-state index in [4.69, 9.17) is 10.5 Å². The van der Waals surface area contributed by atoms with Gasteiger partial charge in [-0.15, -0.1) is 0 Å². The number of carbonyl (C=O) groups is 5. The van der Waals surface area contributed by atoms with Crippen LogP contribution in [-0.4, -0.2) is 83.2 Å². The van der Waals surface area contributed by atoms with E-state index < -0.39 is 64.4 Å². The average molecular weight is 664 g/mol. The maximum Gasteiger partial charge on any atom is 0.311 e. The zero-order valence-electron chi connectivity index (χ0n) is 30.5. The lowest BCUT2D eigenvalue weighted by molar-refractivity contribution is -0.155. The number of rotatable bonds is 13. The molecule has 5 unspecified atom stereocenters. The molecule has 12 heteroatoms. The van der Waals surface area contributed by atoms with Crippen LogP contribution in [0.4, 0.5) is 0 Å². The molecule has 0 radical (unpaired) electrons. The summed E-state index contributed by atoms with van der Waals surface area (Å²) in [4.78, 5) is 67.3. The van der Waals surface area contributed by atoms with Crippen molar-refractivity contribution in [1.29, 1.82) is 0 Å². The van der Waals surface area contributed by atoms with Gasteiger partial charge in [0.05, 0.1) is 17.5 Å². The highest BCUT2D eigenvalue weighted by Crippen LogP contribution is 2.57. The number of fused-ring (bicyclic) bond motifs is 1. The molecule has 3 fully saturated rings. The van der Waals surface area contributed by atoms with Gasteiger partial charge in [0.25, 0.3) is 5.91 Å². The number of ketones is 1. The second kappa shape index (κ2) is 14.1. The smallest absolute Gasteiger partial charge is 0.311 e. The van der Waals surface area contributed by atoms with Crippen LogP contribution in [0.15, 0.2) is 0 Å². The Morgan fingerprint density at radius 3 is 2.00 bits per heavy atom. The van der Waals surface area contributed by atoms with E-state index in [-0.39, 0.29) is 41.7 Å². The molecule has 3 amide bonds. The quantitative estimate of drug-likeness (QED) is 0.112. The monoisotopic (exact) mass is 663 g/mol. The van der Waals surface area contributed by atoms with Crippen molar-refractivity contribution in [3.63, 3.8) is 0 Å². The maximum atomic E-state index is 14.5. The topological polar surface area (TPSA) is 180 Å². The summed E-state index contributed by atoms with van der Waals surface area (Å²) in [6, 6.07) is -3.24. The fourth-order valence-electron chi connectivity index (χ4n) is 7.27. The molecule has 268 valence electrons. The number of ether oxygens (including phenoxy) is 1. The predicted molar refractivity (Wildman–Crippen MR) is 178 cm³/mol. The van der Waals surface area contributed by atoms with Crippen molar-refractivity contribution in [2.24, 2.45) is 45.1 Å². The lowest BCUT2D eigenvalue weighted by Crippen LogP contribution is -2.64. The van der Waals surface area contributed by atoms with Crippen LogP contribution in [0.3, 0.4) is 0 Å². The predicted octanol–water partition coefficient (Wildman–Crippen LogP) is 2.46. The molecule has 0 spiro atoms. The minimum Gasteiger partial charge on any atom is -0.464 e. The Hall–Kier alpha value is -2.57. The molecule has 12 nitrogen and oxygen atoms in total. The summed E-state index contributed by atoms with van der Waals surface area (Å²) >= 11 is 0. The van der Waals surface area contributed by atoms with Gasteiger partial charge in [-0.1, -0.05) is 74.7 Å². The van der Waals surface area contributed by atoms with Gasteiger partial charge in [0.2, 0.25) is 17.6 Å². The van der Waals surface area contributed by atoms with E-state index in [1.165, 1.54) is 0 Å². The number of nitrogens with two attached hydrogens (primary N) is 1. The van der Waals surface area contributed by atoms with Crippen LogP contribution < -0.4 is 21.7 Å². The summed E-state index contributed by atoms with van der Waals surface area (Å²) in [7, 11) is 0. The summed E-state index contributed by atoms with van der Waals surface area (Å²) < 4.78 is 5.57. The Bertz CT molecular complexity index is 1190. The maximum absolute atomic E-state index is 14.5. The Morgan fingerprint density at radius 2 is 1.55 bits per heavy atom. The minimum atomic E-state index is -1.34. The van der Waals surface area contributed by atoms with Crippen molar-refractivity contribution in [2.45, 2.75) is 139 Å². The Balaban J connectivity index is 1.83. The molecule has 2 aliphatic carbocycles. The number of esters is 1. The van der Waals surface area contributed by atoms with Crippen LogP contribution in [0.2, 0.25) is 0 Å². The number of carbonyl (C=O) groups excluding carboxylic acids is 5. The molecule has 1 aliphatic heterocycles. The SMILES string of the molecule is CC(C)(C)C(=O)OC[C@@H](NC(O)NC(C(=O)N1CC2CC(C)(C)[C@@H]2C1C(=O)NC(CC1CCC1)C(=O)C(N)=O)C(C)(C)C)C(C)(C)C. The number of nitrogens with one attached hydrogen (secondary N) is 3. The van der Waals surface area contributed by atoms with E-state index in [0.29, 0.717) is 13.0 Å². The van der Waals surface area contributed by atoms with Crippen molar-refractivity contribution in [3.05, 3.63) is 0 Å². The van der Waals surface area contributed by atoms with Gasteiger partial charge >= 0.3 is 5.97 Å². The van der Waals surface area contributed by atoms with Gasteiger partial charge in [0, 0.05) is 12.6 Å². The van der Waals surface area contributed by atoms with Crippen molar-refractivity contribution >= 4 is 29.5 Å². The number of hydrogen-bond donors (Lipinski definition) is 5. The number of primary amides is 1. The second-order valence-electron chi connectivity index (χ2n) is 18.0. The van der Waals surface area contributed by atoms with Crippen LogP contribution in [0.5, 0.6) is 0 Å². The summed E-state index contributed by atoms with van der Waals surface area (Å²) in [6.07, 6.45) is 2.73. The number of amides is 3. The molecule has 2 saturated carbocycles. The van der Waals surface area contributed by atoms with Gasteiger partial charge in [-0.3, -0.25) is 34.6 Å². The Morgan fingerprint density at radius 1 is 0.957 bits per heavy atom. The number of aliphatic hydroxyl groups is 1. The van der Waals surface area contributed by atoms with E-state index in [9.17, 15) is 29.1 Å². The summed E-state index contributed by atoms with van der Waals surface area (Å²) in [5, 5.41) is 20.3. The van der Waals surface area contributed by atoms with Crippen LogP contribution in [0, 0.1) is 39.4 Å². The Kier molecular flexibility index (Phi) is 11.7. The molecular formula is C35H61N5O7. The molecule has 0 bridgehead atoms. The molecule has 0 aromatic carbocycles.